The standard InChI is InChI=1S/C19H18N2O5S2/c1-11-10-14(20-26-11)15-8-9-16(27-15)28(24,25)21-19(18(22)23)12(2)17(19)13-6-4-3-5-7-13/h3-10,12,17,21H,1-2H3,(H,22,23)/t12?,17-,19+/m1/s1. The number of carbonyl (C=O) groups is 1. The maximum absolute atomic E-state index is 13.0. The first-order chi connectivity index (χ1) is 13.3. The highest BCUT2D eigenvalue weighted by atomic mass is 32.2. The van der Waals surface area contributed by atoms with Gasteiger partial charge in [0.1, 0.15) is 21.2 Å². The predicted octanol–water partition coefficient (Wildman–Crippen LogP) is 3.25. The molecular weight excluding hydrogens is 400 g/mol. The molecule has 1 fully saturated rings. The molecule has 1 unspecified atom stereocenters. The molecule has 2 N–H and O–H groups in total. The minimum absolute atomic E-state index is 0.0367. The lowest BCUT2D eigenvalue weighted by Crippen LogP contribution is -2.45. The molecule has 4 rings (SSSR count). The molecule has 0 amide bonds. The molecular formula is C19H18N2O5S2. The van der Waals surface area contributed by atoms with Crippen LogP contribution in [0.5, 0.6) is 0 Å². The Kier molecular flexibility index (Phi) is 4.40. The fourth-order valence-electron chi connectivity index (χ4n) is 3.66. The summed E-state index contributed by atoms with van der Waals surface area (Å²) in [7, 11) is -4.03. The van der Waals surface area contributed by atoms with Gasteiger partial charge >= 0.3 is 5.97 Å². The van der Waals surface area contributed by atoms with Gasteiger partial charge in [-0.2, -0.15) is 4.72 Å². The van der Waals surface area contributed by atoms with Gasteiger partial charge in [0, 0.05) is 12.0 Å². The Labute approximate surface area is 166 Å². The van der Waals surface area contributed by atoms with Crippen LogP contribution < -0.4 is 4.72 Å². The summed E-state index contributed by atoms with van der Waals surface area (Å²) < 4.78 is 33.4. The van der Waals surface area contributed by atoms with Crippen molar-refractivity contribution in [1.29, 1.82) is 0 Å². The molecule has 0 aliphatic heterocycles. The second-order valence-corrected chi connectivity index (χ2v) is 9.89. The largest absolute Gasteiger partial charge is 0.480 e. The first kappa shape index (κ1) is 18.9. The molecule has 1 aromatic carbocycles. The van der Waals surface area contributed by atoms with Crippen LogP contribution >= 0.6 is 11.3 Å². The van der Waals surface area contributed by atoms with Gasteiger partial charge in [0.2, 0.25) is 0 Å². The maximum atomic E-state index is 13.0. The van der Waals surface area contributed by atoms with Crippen molar-refractivity contribution in [1.82, 2.24) is 9.88 Å². The second-order valence-electron chi connectivity index (χ2n) is 6.90. The minimum atomic E-state index is -4.03. The number of carboxylic acid groups (broad SMARTS) is 1. The molecule has 7 nitrogen and oxygen atoms in total. The molecule has 1 saturated carbocycles. The third-order valence-corrected chi connectivity index (χ3v) is 8.23. The Balaban J connectivity index is 1.65. The number of aliphatic carboxylic acids is 1. The van der Waals surface area contributed by atoms with E-state index in [4.69, 9.17) is 4.52 Å². The van der Waals surface area contributed by atoms with Gasteiger partial charge in [0.25, 0.3) is 10.0 Å². The Morgan fingerprint density at radius 2 is 1.96 bits per heavy atom. The smallest absolute Gasteiger partial charge is 0.325 e. The van der Waals surface area contributed by atoms with Crippen molar-refractivity contribution in [2.45, 2.75) is 29.5 Å². The molecule has 0 saturated heterocycles. The van der Waals surface area contributed by atoms with Crippen LogP contribution in [0.1, 0.15) is 24.2 Å². The third-order valence-electron chi connectivity index (χ3n) is 5.14. The molecule has 0 bridgehead atoms. The Bertz CT molecular complexity index is 1140. The minimum Gasteiger partial charge on any atom is -0.480 e. The zero-order valence-corrected chi connectivity index (χ0v) is 16.8. The van der Waals surface area contributed by atoms with E-state index in [-0.39, 0.29) is 10.1 Å². The van der Waals surface area contributed by atoms with Crippen LogP contribution in [0.2, 0.25) is 0 Å². The van der Waals surface area contributed by atoms with Crippen molar-refractivity contribution in [3.63, 3.8) is 0 Å². The molecule has 9 heteroatoms. The normalized spacial score (nSPS) is 24.2. The highest BCUT2D eigenvalue weighted by molar-refractivity contribution is 7.91. The van der Waals surface area contributed by atoms with E-state index in [0.717, 1.165) is 16.9 Å². The first-order valence-electron chi connectivity index (χ1n) is 8.61. The summed E-state index contributed by atoms with van der Waals surface area (Å²) in [6.07, 6.45) is 0. The molecule has 2 aromatic heterocycles. The number of carboxylic acids is 1. The Morgan fingerprint density at radius 1 is 1.25 bits per heavy atom. The van der Waals surface area contributed by atoms with Crippen molar-refractivity contribution in [2.75, 3.05) is 0 Å². The second kappa shape index (κ2) is 6.54. The fourth-order valence-corrected chi connectivity index (χ4v) is 6.37. The van der Waals surface area contributed by atoms with Crippen LogP contribution in [0.3, 0.4) is 0 Å². The highest BCUT2D eigenvalue weighted by Crippen LogP contribution is 2.58. The van der Waals surface area contributed by atoms with E-state index in [1.807, 2.05) is 30.3 Å². The van der Waals surface area contributed by atoms with E-state index in [0.29, 0.717) is 16.3 Å². The molecule has 3 atom stereocenters. The number of thiophene rings is 1. The van der Waals surface area contributed by atoms with Crippen LogP contribution in [0, 0.1) is 12.8 Å². The number of nitrogens with one attached hydrogen (secondary N) is 1. The van der Waals surface area contributed by atoms with Gasteiger partial charge in [-0.25, -0.2) is 8.42 Å². The first-order valence-corrected chi connectivity index (χ1v) is 10.9. The Hall–Kier alpha value is -2.49. The lowest BCUT2D eigenvalue weighted by atomic mass is 10.1. The van der Waals surface area contributed by atoms with Crippen LogP contribution in [-0.2, 0) is 14.8 Å². The number of aryl methyl sites for hydroxylation is 1. The number of rotatable bonds is 6. The summed E-state index contributed by atoms with van der Waals surface area (Å²) in [4.78, 5) is 12.7. The third kappa shape index (κ3) is 2.95. The van der Waals surface area contributed by atoms with E-state index >= 15 is 0 Å². The fraction of sp³-hybridized carbons (Fsp3) is 0.263. The van der Waals surface area contributed by atoms with Gasteiger partial charge in [-0.1, -0.05) is 42.4 Å². The molecule has 1 aliphatic carbocycles. The predicted molar refractivity (Wildman–Crippen MR) is 104 cm³/mol. The summed E-state index contributed by atoms with van der Waals surface area (Å²) in [5.74, 6) is -1.37. The molecule has 28 heavy (non-hydrogen) atoms. The van der Waals surface area contributed by atoms with E-state index in [1.165, 1.54) is 6.07 Å². The molecule has 2 heterocycles. The molecule has 0 spiro atoms. The summed E-state index contributed by atoms with van der Waals surface area (Å²) >= 11 is 1.02. The van der Waals surface area contributed by atoms with Gasteiger partial charge in [0.05, 0.1) is 4.88 Å². The van der Waals surface area contributed by atoms with Gasteiger partial charge in [-0.05, 0) is 30.5 Å². The van der Waals surface area contributed by atoms with E-state index in [1.54, 1.807) is 26.0 Å². The monoisotopic (exact) mass is 418 g/mol. The van der Waals surface area contributed by atoms with E-state index in [2.05, 4.69) is 9.88 Å². The Morgan fingerprint density at radius 3 is 2.57 bits per heavy atom. The summed E-state index contributed by atoms with van der Waals surface area (Å²) in [6.45, 7) is 3.49. The highest BCUT2D eigenvalue weighted by Gasteiger charge is 2.70. The van der Waals surface area contributed by atoms with Crippen LogP contribution in [0.4, 0.5) is 0 Å². The van der Waals surface area contributed by atoms with Gasteiger partial charge in [0.15, 0.2) is 0 Å². The lowest BCUT2D eigenvalue weighted by molar-refractivity contribution is -0.140. The zero-order chi connectivity index (χ0) is 20.1. The van der Waals surface area contributed by atoms with Crippen LogP contribution in [-0.4, -0.2) is 30.2 Å². The number of hydrogen-bond acceptors (Lipinski definition) is 6. The van der Waals surface area contributed by atoms with Gasteiger partial charge in [-0.3, -0.25) is 4.79 Å². The van der Waals surface area contributed by atoms with Crippen molar-refractivity contribution < 1.29 is 22.8 Å². The number of benzene rings is 1. The van der Waals surface area contributed by atoms with Crippen molar-refractivity contribution in [2.24, 2.45) is 5.92 Å². The summed E-state index contributed by atoms with van der Waals surface area (Å²) in [5.41, 5.74) is -0.224. The topological polar surface area (TPSA) is 110 Å². The number of nitrogens with zero attached hydrogens (tertiary/aromatic N) is 1. The quantitative estimate of drug-likeness (QED) is 0.636. The summed E-state index contributed by atoms with van der Waals surface area (Å²) in [5, 5.41) is 13.7. The van der Waals surface area contributed by atoms with Gasteiger partial charge in [-0.15, -0.1) is 11.3 Å². The zero-order valence-electron chi connectivity index (χ0n) is 15.1. The average molecular weight is 418 g/mol. The van der Waals surface area contributed by atoms with E-state index in [9.17, 15) is 18.3 Å². The maximum Gasteiger partial charge on any atom is 0.325 e. The molecule has 3 aromatic rings. The van der Waals surface area contributed by atoms with Crippen molar-refractivity contribution in [3.8, 4) is 10.6 Å². The molecule has 146 valence electrons. The van der Waals surface area contributed by atoms with Crippen LogP contribution in [0.25, 0.3) is 10.6 Å². The average Bonchev–Trinajstić information content (AvgIpc) is 3.06. The van der Waals surface area contributed by atoms with Crippen molar-refractivity contribution >= 4 is 27.3 Å². The van der Waals surface area contributed by atoms with Gasteiger partial charge < -0.3 is 9.63 Å². The summed E-state index contributed by atoms with van der Waals surface area (Å²) in [6, 6.07) is 13.9. The number of sulfonamides is 1. The SMILES string of the molecule is Cc1cc(-c2ccc(S(=O)(=O)N[C@@]3(C(=O)O)C(C)[C@@H]3c3ccccc3)s2)no1. The molecule has 1 aliphatic rings. The van der Waals surface area contributed by atoms with Crippen LogP contribution in [0.15, 0.2) is 57.3 Å². The number of aromatic nitrogens is 1. The number of hydrogen-bond donors (Lipinski definition) is 2. The molecule has 0 radical (unpaired) electrons. The lowest BCUT2D eigenvalue weighted by Gasteiger charge is -2.15. The van der Waals surface area contributed by atoms with E-state index < -0.39 is 27.4 Å². The van der Waals surface area contributed by atoms with Crippen molar-refractivity contribution in [3.05, 3.63) is 59.9 Å².